The zero-order valence-corrected chi connectivity index (χ0v) is 17.8. The van der Waals surface area contributed by atoms with Crippen LogP contribution in [0.4, 0.5) is 0 Å². The van der Waals surface area contributed by atoms with Crippen molar-refractivity contribution in [3.05, 3.63) is 63.4 Å². The summed E-state index contributed by atoms with van der Waals surface area (Å²) in [5, 5.41) is 21.7. The summed E-state index contributed by atoms with van der Waals surface area (Å²) in [4.78, 5) is 21.9. The molecule has 148 valence electrons. The molecule has 1 fully saturated rings. The molecule has 2 aromatic heterocycles. The van der Waals surface area contributed by atoms with Crippen LogP contribution in [0.25, 0.3) is 10.4 Å². The standard InChI is InChI=1S/C21H21N5OS2/c1-13-19(22)26(20(23)17-12-29-14(2)24-17)10-9-25(13)21(27)16-7-5-15(6-8-16)18-4-3-11-28-18/h3-8,11-13,22-23H,9-10H2,1-2H3/t13-/m1/s1. The van der Waals surface area contributed by atoms with Gasteiger partial charge in [0, 0.05) is 28.9 Å². The molecule has 2 N–H and O–H groups in total. The van der Waals surface area contributed by atoms with Crippen LogP contribution < -0.4 is 0 Å². The van der Waals surface area contributed by atoms with Gasteiger partial charge in [-0.3, -0.25) is 15.6 Å². The number of nitrogens with zero attached hydrogens (tertiary/aromatic N) is 3. The molecule has 1 atom stereocenters. The minimum atomic E-state index is -0.409. The van der Waals surface area contributed by atoms with E-state index in [-0.39, 0.29) is 17.6 Å². The minimum absolute atomic E-state index is 0.0873. The average molecular weight is 424 g/mol. The molecule has 1 amide bonds. The van der Waals surface area contributed by atoms with Crippen molar-refractivity contribution in [2.45, 2.75) is 19.9 Å². The molecule has 3 aromatic rings. The largest absolute Gasteiger partial charge is 0.327 e. The van der Waals surface area contributed by atoms with E-state index in [1.54, 1.807) is 21.1 Å². The lowest BCUT2D eigenvalue weighted by atomic mass is 10.1. The summed E-state index contributed by atoms with van der Waals surface area (Å²) in [6.45, 7) is 4.61. The topological polar surface area (TPSA) is 84.1 Å². The monoisotopic (exact) mass is 423 g/mol. The third-order valence-electron chi connectivity index (χ3n) is 5.05. The van der Waals surface area contributed by atoms with Crippen molar-refractivity contribution in [3.8, 4) is 10.4 Å². The van der Waals surface area contributed by atoms with Crippen LogP contribution in [0.5, 0.6) is 0 Å². The second-order valence-corrected chi connectivity index (χ2v) is 8.88. The summed E-state index contributed by atoms with van der Waals surface area (Å²) in [5.74, 6) is 0.379. The summed E-state index contributed by atoms with van der Waals surface area (Å²) in [6, 6.07) is 11.3. The number of aromatic nitrogens is 1. The van der Waals surface area contributed by atoms with E-state index in [0.717, 1.165) is 10.6 Å². The molecule has 3 heterocycles. The van der Waals surface area contributed by atoms with Gasteiger partial charge in [0.1, 0.15) is 11.5 Å². The van der Waals surface area contributed by atoms with E-state index in [1.165, 1.54) is 16.2 Å². The molecule has 4 rings (SSSR count). The third-order valence-corrected chi connectivity index (χ3v) is 6.74. The highest BCUT2D eigenvalue weighted by Gasteiger charge is 2.34. The smallest absolute Gasteiger partial charge is 0.254 e. The maximum absolute atomic E-state index is 13.1. The molecule has 0 aliphatic carbocycles. The molecule has 6 nitrogen and oxygen atoms in total. The first-order valence-electron chi connectivity index (χ1n) is 9.27. The Hall–Kier alpha value is -2.84. The van der Waals surface area contributed by atoms with Crippen LogP contribution in [0, 0.1) is 17.7 Å². The highest BCUT2D eigenvalue weighted by Crippen LogP contribution is 2.25. The van der Waals surface area contributed by atoms with Crippen LogP contribution in [-0.2, 0) is 0 Å². The first-order valence-corrected chi connectivity index (χ1v) is 11.0. The molecule has 0 radical (unpaired) electrons. The van der Waals surface area contributed by atoms with Crippen LogP contribution in [-0.4, -0.2) is 51.5 Å². The van der Waals surface area contributed by atoms with Crippen molar-refractivity contribution in [1.29, 1.82) is 10.8 Å². The van der Waals surface area contributed by atoms with Gasteiger partial charge >= 0.3 is 0 Å². The van der Waals surface area contributed by atoms with E-state index < -0.39 is 6.04 Å². The molecule has 0 bridgehead atoms. The first kappa shape index (κ1) is 19.5. The molecule has 1 aromatic carbocycles. The molecular weight excluding hydrogens is 402 g/mol. The van der Waals surface area contributed by atoms with Crippen LogP contribution >= 0.6 is 22.7 Å². The van der Waals surface area contributed by atoms with Gasteiger partial charge in [0.15, 0.2) is 5.84 Å². The van der Waals surface area contributed by atoms with Gasteiger partial charge in [-0.05, 0) is 43.0 Å². The Morgan fingerprint density at radius 1 is 1.17 bits per heavy atom. The van der Waals surface area contributed by atoms with Crippen molar-refractivity contribution >= 4 is 40.3 Å². The van der Waals surface area contributed by atoms with Crippen LogP contribution in [0.3, 0.4) is 0 Å². The number of hydrogen-bond donors (Lipinski definition) is 2. The predicted molar refractivity (Wildman–Crippen MR) is 118 cm³/mol. The molecular formula is C21H21N5OS2. The summed E-state index contributed by atoms with van der Waals surface area (Å²) >= 11 is 3.16. The fourth-order valence-corrected chi connectivity index (χ4v) is 4.73. The van der Waals surface area contributed by atoms with E-state index >= 15 is 0 Å². The number of hydrogen-bond acceptors (Lipinski definition) is 6. The number of carbonyl (C=O) groups excluding carboxylic acids is 1. The van der Waals surface area contributed by atoms with Crippen LogP contribution in [0.2, 0.25) is 0 Å². The summed E-state index contributed by atoms with van der Waals surface area (Å²) in [6.07, 6.45) is 0. The first-order chi connectivity index (χ1) is 14.0. The van der Waals surface area contributed by atoms with Gasteiger partial charge < -0.3 is 9.80 Å². The van der Waals surface area contributed by atoms with Gasteiger partial charge in [0.05, 0.1) is 11.0 Å². The lowest BCUT2D eigenvalue weighted by Gasteiger charge is -2.40. The minimum Gasteiger partial charge on any atom is -0.327 e. The van der Waals surface area contributed by atoms with Crippen molar-refractivity contribution in [3.63, 3.8) is 0 Å². The zero-order valence-electron chi connectivity index (χ0n) is 16.2. The zero-order chi connectivity index (χ0) is 20.5. The summed E-state index contributed by atoms with van der Waals surface area (Å²) in [5.41, 5.74) is 2.28. The van der Waals surface area contributed by atoms with E-state index in [2.05, 4.69) is 11.1 Å². The number of carbonyl (C=O) groups is 1. The Morgan fingerprint density at radius 2 is 1.93 bits per heavy atom. The lowest BCUT2D eigenvalue weighted by molar-refractivity contribution is 0.0701. The quantitative estimate of drug-likeness (QED) is 0.486. The van der Waals surface area contributed by atoms with E-state index in [0.29, 0.717) is 24.3 Å². The normalized spacial score (nSPS) is 16.9. The molecule has 8 heteroatoms. The lowest BCUT2D eigenvalue weighted by Crippen LogP contribution is -2.58. The third kappa shape index (κ3) is 3.73. The van der Waals surface area contributed by atoms with Crippen molar-refractivity contribution < 1.29 is 4.79 Å². The Kier molecular flexibility index (Phi) is 5.29. The number of aryl methyl sites for hydroxylation is 1. The van der Waals surface area contributed by atoms with Crippen LogP contribution in [0.1, 0.15) is 28.0 Å². The van der Waals surface area contributed by atoms with E-state index in [1.807, 2.05) is 54.9 Å². The SMILES string of the molecule is Cc1nc(C(=N)N2CCN(C(=O)c3ccc(-c4cccs4)cc3)[C@H](C)C2=N)cs1. The second-order valence-electron chi connectivity index (χ2n) is 6.87. The van der Waals surface area contributed by atoms with Crippen molar-refractivity contribution in [2.75, 3.05) is 13.1 Å². The fraction of sp³-hybridized carbons (Fsp3) is 0.238. The van der Waals surface area contributed by atoms with Gasteiger partial charge in [-0.15, -0.1) is 22.7 Å². The Balaban J connectivity index is 1.48. The predicted octanol–water partition coefficient (Wildman–Crippen LogP) is 4.33. The van der Waals surface area contributed by atoms with Crippen molar-refractivity contribution in [2.24, 2.45) is 0 Å². The van der Waals surface area contributed by atoms with E-state index in [4.69, 9.17) is 10.8 Å². The van der Waals surface area contributed by atoms with Gasteiger partial charge in [0.25, 0.3) is 5.91 Å². The van der Waals surface area contributed by atoms with Gasteiger partial charge in [-0.1, -0.05) is 18.2 Å². The van der Waals surface area contributed by atoms with Gasteiger partial charge in [-0.25, -0.2) is 4.98 Å². The summed E-state index contributed by atoms with van der Waals surface area (Å²) < 4.78 is 0. The Bertz CT molecular complexity index is 1060. The molecule has 1 aliphatic heterocycles. The Labute approximate surface area is 177 Å². The van der Waals surface area contributed by atoms with Crippen LogP contribution in [0.15, 0.2) is 47.2 Å². The maximum Gasteiger partial charge on any atom is 0.254 e. The molecule has 29 heavy (non-hydrogen) atoms. The summed E-state index contributed by atoms with van der Waals surface area (Å²) in [7, 11) is 0. The number of benzene rings is 1. The number of nitrogens with one attached hydrogen (secondary N) is 2. The fourth-order valence-electron chi connectivity index (χ4n) is 3.40. The number of piperazine rings is 1. The molecule has 0 saturated carbocycles. The highest BCUT2D eigenvalue weighted by atomic mass is 32.1. The number of thiazole rings is 1. The number of amidine groups is 2. The van der Waals surface area contributed by atoms with Gasteiger partial charge in [0.2, 0.25) is 0 Å². The van der Waals surface area contributed by atoms with Gasteiger partial charge in [-0.2, -0.15) is 0 Å². The Morgan fingerprint density at radius 3 is 2.55 bits per heavy atom. The average Bonchev–Trinajstić information content (AvgIpc) is 3.41. The second kappa shape index (κ2) is 7.88. The number of amides is 1. The van der Waals surface area contributed by atoms with E-state index in [9.17, 15) is 4.79 Å². The highest BCUT2D eigenvalue weighted by molar-refractivity contribution is 7.13. The maximum atomic E-state index is 13.1. The molecule has 1 aliphatic rings. The number of thiophene rings is 1. The molecule has 0 spiro atoms. The van der Waals surface area contributed by atoms with Crippen molar-refractivity contribution in [1.82, 2.24) is 14.8 Å². The molecule has 0 unspecified atom stereocenters. The number of rotatable bonds is 3. The molecule has 1 saturated heterocycles.